The Balaban J connectivity index is 2.23. The summed E-state index contributed by atoms with van der Waals surface area (Å²) in [7, 11) is 0. The van der Waals surface area contributed by atoms with Crippen LogP contribution in [0, 0.1) is 0 Å². The molecule has 90 valence electrons. The van der Waals surface area contributed by atoms with Crippen LogP contribution in [0.3, 0.4) is 0 Å². The maximum atomic E-state index is 5.96. The third-order valence-electron chi connectivity index (χ3n) is 2.32. The second-order valence-corrected chi connectivity index (χ2v) is 4.19. The van der Waals surface area contributed by atoms with Gasteiger partial charge in [-0.3, -0.25) is 0 Å². The third kappa shape index (κ3) is 4.81. The normalized spacial score (nSPS) is 10.6. The van der Waals surface area contributed by atoms with Crippen LogP contribution >= 0.6 is 11.6 Å². The summed E-state index contributed by atoms with van der Waals surface area (Å²) in [6.07, 6.45) is 4.81. The van der Waals surface area contributed by atoms with Crippen molar-refractivity contribution >= 4 is 17.4 Å². The molecule has 1 aromatic rings. The molecule has 0 aliphatic heterocycles. The second kappa shape index (κ2) is 7.47. The van der Waals surface area contributed by atoms with Crippen molar-refractivity contribution in [2.75, 3.05) is 12.3 Å². The van der Waals surface area contributed by atoms with Gasteiger partial charge in [-0.2, -0.15) is 0 Å². The number of halogens is 1. The summed E-state index contributed by atoms with van der Waals surface area (Å²) >= 11 is 5.96. The SMILES string of the molecule is CCCCCCOCc1nc(N)ccc1Cl. The van der Waals surface area contributed by atoms with Crippen LogP contribution in [0.4, 0.5) is 5.82 Å². The van der Waals surface area contributed by atoms with E-state index in [1.807, 2.05) is 0 Å². The Morgan fingerprint density at radius 3 is 2.88 bits per heavy atom. The highest BCUT2D eigenvalue weighted by Crippen LogP contribution is 2.16. The predicted molar refractivity (Wildman–Crippen MR) is 67.5 cm³/mol. The smallest absolute Gasteiger partial charge is 0.123 e. The molecule has 0 spiro atoms. The van der Waals surface area contributed by atoms with E-state index in [1.54, 1.807) is 12.1 Å². The quantitative estimate of drug-likeness (QED) is 0.746. The van der Waals surface area contributed by atoms with Crippen molar-refractivity contribution in [2.24, 2.45) is 0 Å². The van der Waals surface area contributed by atoms with E-state index in [-0.39, 0.29) is 0 Å². The number of nitrogens with zero attached hydrogens (tertiary/aromatic N) is 1. The molecule has 0 aromatic carbocycles. The molecule has 1 aromatic heterocycles. The van der Waals surface area contributed by atoms with Gasteiger partial charge in [-0.15, -0.1) is 0 Å². The maximum Gasteiger partial charge on any atom is 0.123 e. The third-order valence-corrected chi connectivity index (χ3v) is 2.67. The van der Waals surface area contributed by atoms with E-state index in [0.29, 0.717) is 17.4 Å². The minimum atomic E-state index is 0.440. The molecule has 0 radical (unpaired) electrons. The molecule has 0 aliphatic carbocycles. The van der Waals surface area contributed by atoms with E-state index in [4.69, 9.17) is 22.1 Å². The molecular formula is C12H19ClN2O. The topological polar surface area (TPSA) is 48.1 Å². The number of anilines is 1. The van der Waals surface area contributed by atoms with E-state index in [9.17, 15) is 0 Å². The van der Waals surface area contributed by atoms with E-state index >= 15 is 0 Å². The summed E-state index contributed by atoms with van der Waals surface area (Å²) in [5, 5.41) is 0.614. The van der Waals surface area contributed by atoms with E-state index in [1.165, 1.54) is 19.3 Å². The van der Waals surface area contributed by atoms with Crippen LogP contribution in [-0.2, 0) is 11.3 Å². The highest BCUT2D eigenvalue weighted by atomic mass is 35.5. The van der Waals surface area contributed by atoms with Gasteiger partial charge < -0.3 is 10.5 Å². The van der Waals surface area contributed by atoms with Crippen molar-refractivity contribution in [2.45, 2.75) is 39.2 Å². The Hall–Kier alpha value is -0.800. The molecular weight excluding hydrogens is 224 g/mol. The molecule has 0 amide bonds. The van der Waals surface area contributed by atoms with Crippen molar-refractivity contribution in [3.63, 3.8) is 0 Å². The standard InChI is InChI=1S/C12H19ClN2O/c1-2-3-4-5-8-16-9-11-10(13)6-7-12(14)15-11/h6-7H,2-5,8-9H2,1H3,(H2,14,15). The first kappa shape index (κ1) is 13.3. The fourth-order valence-electron chi connectivity index (χ4n) is 1.40. The molecule has 0 aliphatic rings. The van der Waals surface area contributed by atoms with Gasteiger partial charge in [-0.1, -0.05) is 37.8 Å². The molecule has 16 heavy (non-hydrogen) atoms. The van der Waals surface area contributed by atoms with Crippen molar-refractivity contribution < 1.29 is 4.74 Å². The first-order chi connectivity index (χ1) is 7.74. The van der Waals surface area contributed by atoms with Gasteiger partial charge in [0.15, 0.2) is 0 Å². The zero-order valence-electron chi connectivity index (χ0n) is 9.71. The Bertz CT molecular complexity index is 318. The highest BCUT2D eigenvalue weighted by Gasteiger charge is 2.02. The second-order valence-electron chi connectivity index (χ2n) is 3.78. The zero-order chi connectivity index (χ0) is 11.8. The molecule has 1 heterocycles. The van der Waals surface area contributed by atoms with Crippen LogP contribution in [0.25, 0.3) is 0 Å². The first-order valence-corrected chi connectivity index (χ1v) is 6.10. The lowest BCUT2D eigenvalue weighted by atomic mass is 10.2. The molecule has 0 fully saturated rings. The number of aromatic nitrogens is 1. The van der Waals surface area contributed by atoms with Crippen molar-refractivity contribution in [3.8, 4) is 0 Å². The van der Waals surface area contributed by atoms with Crippen molar-refractivity contribution in [1.82, 2.24) is 4.98 Å². The largest absolute Gasteiger partial charge is 0.384 e. The zero-order valence-corrected chi connectivity index (χ0v) is 10.5. The van der Waals surface area contributed by atoms with Gasteiger partial charge in [0, 0.05) is 6.61 Å². The van der Waals surface area contributed by atoms with Crippen LogP contribution in [0.5, 0.6) is 0 Å². The van der Waals surface area contributed by atoms with Gasteiger partial charge in [0.1, 0.15) is 5.82 Å². The average molecular weight is 243 g/mol. The van der Waals surface area contributed by atoms with E-state index < -0.39 is 0 Å². The Morgan fingerprint density at radius 2 is 2.12 bits per heavy atom. The molecule has 0 saturated carbocycles. The number of ether oxygens (including phenoxy) is 1. The van der Waals surface area contributed by atoms with Gasteiger partial charge >= 0.3 is 0 Å². The minimum absolute atomic E-state index is 0.440. The van der Waals surface area contributed by atoms with Gasteiger partial charge in [0.05, 0.1) is 17.3 Å². The molecule has 0 bridgehead atoms. The Morgan fingerprint density at radius 1 is 1.31 bits per heavy atom. The van der Waals surface area contributed by atoms with Crippen LogP contribution < -0.4 is 5.73 Å². The first-order valence-electron chi connectivity index (χ1n) is 5.72. The predicted octanol–water partition coefficient (Wildman–Crippen LogP) is 3.41. The number of unbranched alkanes of at least 4 members (excludes halogenated alkanes) is 3. The molecule has 2 N–H and O–H groups in total. The van der Waals surface area contributed by atoms with E-state index in [0.717, 1.165) is 18.7 Å². The number of hydrogen-bond acceptors (Lipinski definition) is 3. The Labute approximate surface area is 102 Å². The molecule has 1 rings (SSSR count). The van der Waals surface area contributed by atoms with Crippen molar-refractivity contribution in [1.29, 1.82) is 0 Å². The van der Waals surface area contributed by atoms with E-state index in [2.05, 4.69) is 11.9 Å². The molecule has 3 nitrogen and oxygen atoms in total. The summed E-state index contributed by atoms with van der Waals surface area (Å²) in [5.74, 6) is 0.481. The summed E-state index contributed by atoms with van der Waals surface area (Å²) in [5.41, 5.74) is 6.29. The molecule has 0 unspecified atom stereocenters. The summed E-state index contributed by atoms with van der Waals surface area (Å²) in [6.45, 7) is 3.39. The fourth-order valence-corrected chi connectivity index (χ4v) is 1.56. The highest BCUT2D eigenvalue weighted by molar-refractivity contribution is 6.31. The maximum absolute atomic E-state index is 5.96. The number of pyridine rings is 1. The summed E-state index contributed by atoms with van der Waals surface area (Å²) in [4.78, 5) is 4.13. The van der Waals surface area contributed by atoms with Crippen LogP contribution in [-0.4, -0.2) is 11.6 Å². The molecule has 4 heteroatoms. The van der Waals surface area contributed by atoms with Crippen LogP contribution in [0.2, 0.25) is 5.02 Å². The summed E-state index contributed by atoms with van der Waals surface area (Å²) in [6, 6.07) is 3.44. The van der Waals surface area contributed by atoms with Gasteiger partial charge in [-0.05, 0) is 18.6 Å². The fraction of sp³-hybridized carbons (Fsp3) is 0.583. The number of nitrogens with two attached hydrogens (primary N) is 1. The molecule has 0 atom stereocenters. The van der Waals surface area contributed by atoms with Crippen molar-refractivity contribution in [3.05, 3.63) is 22.8 Å². The van der Waals surface area contributed by atoms with Gasteiger partial charge in [-0.25, -0.2) is 4.98 Å². The summed E-state index contributed by atoms with van der Waals surface area (Å²) < 4.78 is 5.50. The molecule has 0 saturated heterocycles. The lowest BCUT2D eigenvalue weighted by Gasteiger charge is -2.06. The van der Waals surface area contributed by atoms with Gasteiger partial charge in [0.25, 0.3) is 0 Å². The van der Waals surface area contributed by atoms with Crippen LogP contribution in [0.1, 0.15) is 38.3 Å². The average Bonchev–Trinajstić information content (AvgIpc) is 2.28. The number of rotatable bonds is 7. The lowest BCUT2D eigenvalue weighted by molar-refractivity contribution is 0.114. The van der Waals surface area contributed by atoms with Gasteiger partial charge in [0.2, 0.25) is 0 Å². The number of nitrogen functional groups attached to an aromatic ring is 1. The number of hydrogen-bond donors (Lipinski definition) is 1. The Kier molecular flexibility index (Phi) is 6.19. The minimum Gasteiger partial charge on any atom is -0.384 e. The van der Waals surface area contributed by atoms with Crippen LogP contribution in [0.15, 0.2) is 12.1 Å². The monoisotopic (exact) mass is 242 g/mol. The lowest BCUT2D eigenvalue weighted by Crippen LogP contribution is -2.01.